The first-order chi connectivity index (χ1) is 10.1. The first-order valence-electron chi connectivity index (χ1n) is 6.58. The number of non-ortho nitro benzene ring substituents is 1. The fraction of sp³-hybridized carbons (Fsp3) is 0.429. The van der Waals surface area contributed by atoms with Crippen LogP contribution in [0.1, 0.15) is 29.6 Å². The molecule has 2 rings (SSSR count). The highest BCUT2D eigenvalue weighted by Gasteiger charge is 2.34. The van der Waals surface area contributed by atoms with Crippen molar-refractivity contribution in [2.45, 2.75) is 25.3 Å². The number of nitriles is 1. The van der Waals surface area contributed by atoms with Crippen LogP contribution in [0.25, 0.3) is 0 Å². The van der Waals surface area contributed by atoms with Gasteiger partial charge >= 0.3 is 0 Å². The molecule has 1 saturated carbocycles. The maximum Gasteiger partial charge on any atom is 0.273 e. The Morgan fingerprint density at radius 1 is 1.57 bits per heavy atom. The van der Waals surface area contributed by atoms with Gasteiger partial charge in [0, 0.05) is 18.7 Å². The maximum absolute atomic E-state index is 12.6. The van der Waals surface area contributed by atoms with Gasteiger partial charge in [-0.1, -0.05) is 0 Å². The second-order valence-corrected chi connectivity index (χ2v) is 4.78. The van der Waals surface area contributed by atoms with E-state index in [4.69, 9.17) is 10.00 Å². The van der Waals surface area contributed by atoms with Crippen LogP contribution in [0.2, 0.25) is 0 Å². The zero-order valence-corrected chi connectivity index (χ0v) is 11.6. The van der Waals surface area contributed by atoms with Crippen LogP contribution in [0.3, 0.4) is 0 Å². The minimum absolute atomic E-state index is 0.126. The van der Waals surface area contributed by atoms with Crippen LogP contribution < -0.4 is 4.74 Å². The van der Waals surface area contributed by atoms with Gasteiger partial charge < -0.3 is 9.64 Å². The van der Waals surface area contributed by atoms with E-state index >= 15 is 0 Å². The average molecular weight is 289 g/mol. The van der Waals surface area contributed by atoms with Crippen LogP contribution >= 0.6 is 0 Å². The topological polar surface area (TPSA) is 96.5 Å². The number of carbonyl (C=O) groups is 1. The molecule has 0 aliphatic heterocycles. The third-order valence-electron chi connectivity index (χ3n) is 3.34. The molecule has 7 heteroatoms. The van der Waals surface area contributed by atoms with E-state index in [0.29, 0.717) is 6.54 Å². The molecule has 7 nitrogen and oxygen atoms in total. The van der Waals surface area contributed by atoms with Crippen LogP contribution in [0.5, 0.6) is 5.75 Å². The summed E-state index contributed by atoms with van der Waals surface area (Å²) in [4.78, 5) is 24.4. The van der Waals surface area contributed by atoms with E-state index in [0.717, 1.165) is 12.8 Å². The number of rotatable bonds is 6. The summed E-state index contributed by atoms with van der Waals surface area (Å²) in [6.45, 7) is 0.361. The molecule has 0 radical (unpaired) electrons. The van der Waals surface area contributed by atoms with E-state index < -0.39 is 4.92 Å². The molecule has 0 bridgehead atoms. The van der Waals surface area contributed by atoms with Gasteiger partial charge in [-0.15, -0.1) is 0 Å². The first-order valence-corrected chi connectivity index (χ1v) is 6.58. The molecule has 0 spiro atoms. The summed E-state index contributed by atoms with van der Waals surface area (Å²) in [6.07, 6.45) is 2.11. The molecule has 1 aliphatic rings. The highest BCUT2D eigenvalue weighted by molar-refractivity contribution is 5.97. The van der Waals surface area contributed by atoms with Gasteiger partial charge in [0.15, 0.2) is 0 Å². The smallest absolute Gasteiger partial charge is 0.273 e. The number of methoxy groups -OCH3 is 1. The lowest BCUT2D eigenvalue weighted by Crippen LogP contribution is -2.34. The van der Waals surface area contributed by atoms with Crippen LogP contribution in [0.15, 0.2) is 18.2 Å². The Labute approximate surface area is 121 Å². The number of nitro benzene ring substituents is 1. The number of nitrogens with zero attached hydrogens (tertiary/aromatic N) is 3. The Morgan fingerprint density at radius 3 is 2.81 bits per heavy atom. The van der Waals surface area contributed by atoms with Gasteiger partial charge in [0.25, 0.3) is 11.6 Å². The minimum Gasteiger partial charge on any atom is -0.496 e. The van der Waals surface area contributed by atoms with E-state index in [9.17, 15) is 14.9 Å². The molecule has 1 amide bonds. The van der Waals surface area contributed by atoms with Crippen molar-refractivity contribution in [3.8, 4) is 11.8 Å². The van der Waals surface area contributed by atoms with Crippen molar-refractivity contribution in [1.29, 1.82) is 5.26 Å². The van der Waals surface area contributed by atoms with Crippen molar-refractivity contribution >= 4 is 11.6 Å². The van der Waals surface area contributed by atoms with Crippen LogP contribution in [0.4, 0.5) is 5.69 Å². The Kier molecular flexibility index (Phi) is 4.38. The standard InChI is InChI=1S/C14H15N3O4/c1-21-13-9-11(17(19)20)5-6-12(13)14(18)16(8-2-7-15)10-3-4-10/h5-6,9-10H,2-4,8H2,1H3. The quantitative estimate of drug-likeness (QED) is 0.590. The number of hydrogen-bond acceptors (Lipinski definition) is 5. The normalized spacial score (nSPS) is 13.3. The fourth-order valence-corrected chi connectivity index (χ4v) is 2.13. The summed E-state index contributed by atoms with van der Waals surface area (Å²) >= 11 is 0. The third kappa shape index (κ3) is 3.28. The fourth-order valence-electron chi connectivity index (χ4n) is 2.13. The second kappa shape index (κ2) is 6.22. The predicted octanol–water partition coefficient (Wildman–Crippen LogP) is 2.12. The van der Waals surface area contributed by atoms with Crippen molar-refractivity contribution < 1.29 is 14.5 Å². The number of carbonyl (C=O) groups excluding carboxylic acids is 1. The monoisotopic (exact) mass is 289 g/mol. The molecule has 0 heterocycles. The summed E-state index contributed by atoms with van der Waals surface area (Å²) in [6, 6.07) is 6.11. The number of nitro groups is 1. The molecular weight excluding hydrogens is 274 g/mol. The van der Waals surface area contributed by atoms with E-state index in [1.54, 1.807) is 4.90 Å². The van der Waals surface area contributed by atoms with Gasteiger partial charge in [-0.25, -0.2) is 0 Å². The van der Waals surface area contributed by atoms with Crippen molar-refractivity contribution in [2.24, 2.45) is 0 Å². The van der Waals surface area contributed by atoms with Crippen molar-refractivity contribution in [3.63, 3.8) is 0 Å². The lowest BCUT2D eigenvalue weighted by atomic mass is 10.1. The van der Waals surface area contributed by atoms with Crippen molar-refractivity contribution in [3.05, 3.63) is 33.9 Å². The molecule has 1 fully saturated rings. The van der Waals surface area contributed by atoms with E-state index in [-0.39, 0.29) is 35.4 Å². The molecule has 1 aliphatic carbocycles. The summed E-state index contributed by atoms with van der Waals surface area (Å²) in [5.41, 5.74) is 0.159. The highest BCUT2D eigenvalue weighted by atomic mass is 16.6. The molecule has 0 aromatic heterocycles. The Hall–Kier alpha value is -2.62. The molecule has 0 N–H and O–H groups in total. The van der Waals surface area contributed by atoms with E-state index in [1.807, 2.05) is 6.07 Å². The lowest BCUT2D eigenvalue weighted by molar-refractivity contribution is -0.384. The summed E-state index contributed by atoms with van der Waals surface area (Å²) < 4.78 is 5.10. The predicted molar refractivity (Wildman–Crippen MR) is 73.9 cm³/mol. The molecular formula is C14H15N3O4. The van der Waals surface area contributed by atoms with Crippen LogP contribution in [-0.2, 0) is 0 Å². The van der Waals surface area contributed by atoms with Gasteiger partial charge in [-0.05, 0) is 18.9 Å². The van der Waals surface area contributed by atoms with Gasteiger partial charge in [0.05, 0.1) is 36.2 Å². The Bertz CT molecular complexity index is 605. The second-order valence-electron chi connectivity index (χ2n) is 4.78. The van der Waals surface area contributed by atoms with Gasteiger partial charge in [0.2, 0.25) is 0 Å². The summed E-state index contributed by atoms with van der Waals surface area (Å²) in [5, 5.41) is 19.4. The molecule has 0 unspecified atom stereocenters. The van der Waals surface area contributed by atoms with Gasteiger partial charge in [-0.3, -0.25) is 14.9 Å². The lowest BCUT2D eigenvalue weighted by Gasteiger charge is -2.22. The molecule has 110 valence electrons. The minimum atomic E-state index is -0.537. The Balaban J connectivity index is 2.28. The van der Waals surface area contributed by atoms with Crippen molar-refractivity contribution in [1.82, 2.24) is 4.90 Å². The molecule has 21 heavy (non-hydrogen) atoms. The number of hydrogen-bond donors (Lipinski definition) is 0. The summed E-state index contributed by atoms with van der Waals surface area (Å²) in [7, 11) is 1.37. The zero-order valence-electron chi connectivity index (χ0n) is 11.6. The molecule has 1 aromatic rings. The van der Waals surface area contributed by atoms with Gasteiger partial charge in [0.1, 0.15) is 5.75 Å². The Morgan fingerprint density at radius 2 is 2.29 bits per heavy atom. The molecule has 0 atom stereocenters. The van der Waals surface area contributed by atoms with Crippen LogP contribution in [0, 0.1) is 21.4 Å². The third-order valence-corrected chi connectivity index (χ3v) is 3.34. The SMILES string of the molecule is COc1cc([N+](=O)[O-])ccc1C(=O)N(CCC#N)C1CC1. The van der Waals surface area contributed by atoms with Gasteiger partial charge in [-0.2, -0.15) is 5.26 Å². The molecule has 0 saturated heterocycles. The number of benzene rings is 1. The molecule has 1 aromatic carbocycles. The average Bonchev–Trinajstić information content (AvgIpc) is 3.31. The van der Waals surface area contributed by atoms with Crippen LogP contribution in [-0.4, -0.2) is 35.4 Å². The number of ether oxygens (including phenoxy) is 1. The first kappa shape index (κ1) is 14.8. The maximum atomic E-state index is 12.6. The number of amides is 1. The highest BCUT2D eigenvalue weighted by Crippen LogP contribution is 2.31. The summed E-state index contributed by atoms with van der Waals surface area (Å²) in [5.74, 6) is -0.0729. The zero-order chi connectivity index (χ0) is 15.4. The van der Waals surface area contributed by atoms with E-state index in [2.05, 4.69) is 0 Å². The van der Waals surface area contributed by atoms with E-state index in [1.165, 1.54) is 25.3 Å². The van der Waals surface area contributed by atoms with Crippen molar-refractivity contribution in [2.75, 3.05) is 13.7 Å². The largest absolute Gasteiger partial charge is 0.496 e.